The quantitative estimate of drug-likeness (QED) is 0.700. The Morgan fingerprint density at radius 3 is 2.52 bits per heavy atom. The summed E-state index contributed by atoms with van der Waals surface area (Å²) < 4.78 is 0. The first-order chi connectivity index (χ1) is 13.0. The molecule has 4 rings (SSSR count). The van der Waals surface area contributed by atoms with Gasteiger partial charge in [-0.25, -0.2) is 9.59 Å². The standard InChI is InChI=1S/C19H18N2O5S/c22-16(19(25)26)20-17-15(18(23)24)14-12-8-21(9-13(14)27-17)7-6-11(12)10-4-2-1-3-5-10/h1-5,11-12H,6-9H2,(H,20,22)(H,23,24)(H,25,26). The number of fused-ring (bicyclic) bond motifs is 4. The number of carboxylic acid groups (broad SMARTS) is 2. The average molecular weight is 386 g/mol. The maximum Gasteiger partial charge on any atom is 0.394 e. The molecule has 27 heavy (non-hydrogen) atoms. The molecule has 0 saturated carbocycles. The number of carbonyl (C=O) groups excluding carboxylic acids is 1. The second-order valence-electron chi connectivity index (χ2n) is 6.85. The molecule has 1 fully saturated rings. The van der Waals surface area contributed by atoms with Gasteiger partial charge < -0.3 is 15.5 Å². The molecule has 140 valence electrons. The largest absolute Gasteiger partial charge is 0.478 e. The Hall–Kier alpha value is -2.71. The van der Waals surface area contributed by atoms with E-state index in [2.05, 4.69) is 22.3 Å². The number of rotatable bonds is 3. The van der Waals surface area contributed by atoms with Crippen molar-refractivity contribution in [1.29, 1.82) is 0 Å². The van der Waals surface area contributed by atoms with Crippen LogP contribution >= 0.6 is 11.3 Å². The number of aromatic carboxylic acids is 1. The third-order valence-corrected chi connectivity index (χ3v) is 6.43. The van der Waals surface area contributed by atoms with Crippen LogP contribution < -0.4 is 5.32 Å². The minimum Gasteiger partial charge on any atom is -0.478 e. The molecule has 2 bridgehead atoms. The molecule has 3 atom stereocenters. The number of nitrogens with zero attached hydrogens (tertiary/aromatic N) is 1. The smallest absolute Gasteiger partial charge is 0.394 e. The summed E-state index contributed by atoms with van der Waals surface area (Å²) in [5.74, 6) is -3.81. The van der Waals surface area contributed by atoms with Gasteiger partial charge in [-0.05, 0) is 30.0 Å². The van der Waals surface area contributed by atoms with Crippen LogP contribution in [0.2, 0.25) is 0 Å². The highest BCUT2D eigenvalue weighted by molar-refractivity contribution is 7.17. The lowest BCUT2D eigenvalue weighted by Crippen LogP contribution is -2.41. The summed E-state index contributed by atoms with van der Waals surface area (Å²) in [6.45, 7) is 2.31. The summed E-state index contributed by atoms with van der Waals surface area (Å²) in [6.07, 6.45) is 0.930. The molecular weight excluding hydrogens is 368 g/mol. The normalized spacial score (nSPS) is 23.3. The lowest BCUT2D eigenvalue weighted by molar-refractivity contribution is -0.147. The molecule has 2 aliphatic rings. The van der Waals surface area contributed by atoms with Gasteiger partial charge in [-0.2, -0.15) is 0 Å². The van der Waals surface area contributed by atoms with Gasteiger partial charge >= 0.3 is 17.8 Å². The Morgan fingerprint density at radius 2 is 1.85 bits per heavy atom. The third-order valence-electron chi connectivity index (χ3n) is 5.32. The molecule has 1 aromatic carbocycles. The van der Waals surface area contributed by atoms with E-state index in [1.54, 1.807) is 0 Å². The molecular formula is C19H18N2O5S. The van der Waals surface area contributed by atoms with Crippen molar-refractivity contribution in [2.75, 3.05) is 18.4 Å². The number of hydrogen-bond acceptors (Lipinski definition) is 5. The number of nitrogens with one attached hydrogen (secondary N) is 1. The fraction of sp³-hybridized carbons (Fsp3) is 0.316. The highest BCUT2D eigenvalue weighted by Crippen LogP contribution is 2.50. The molecule has 1 saturated heterocycles. The van der Waals surface area contributed by atoms with Gasteiger partial charge in [0.25, 0.3) is 0 Å². The van der Waals surface area contributed by atoms with Crippen molar-refractivity contribution in [1.82, 2.24) is 4.90 Å². The van der Waals surface area contributed by atoms with Gasteiger partial charge in [-0.1, -0.05) is 30.3 Å². The Balaban J connectivity index is 1.80. The van der Waals surface area contributed by atoms with E-state index in [-0.39, 0.29) is 22.4 Å². The minimum absolute atomic E-state index is 0.00253. The number of anilines is 1. The van der Waals surface area contributed by atoms with Gasteiger partial charge in [0.2, 0.25) is 0 Å². The molecule has 2 aliphatic heterocycles. The van der Waals surface area contributed by atoms with Crippen molar-refractivity contribution in [3.63, 3.8) is 0 Å². The Bertz CT molecular complexity index is 924. The first-order valence-electron chi connectivity index (χ1n) is 8.66. The number of amides is 1. The summed E-state index contributed by atoms with van der Waals surface area (Å²) in [7, 11) is 0. The topological polar surface area (TPSA) is 107 Å². The van der Waals surface area contributed by atoms with Gasteiger partial charge in [0.15, 0.2) is 0 Å². The molecule has 7 nitrogen and oxygen atoms in total. The predicted molar refractivity (Wildman–Crippen MR) is 99.4 cm³/mol. The monoisotopic (exact) mass is 386 g/mol. The van der Waals surface area contributed by atoms with Gasteiger partial charge in [-0.15, -0.1) is 11.3 Å². The summed E-state index contributed by atoms with van der Waals surface area (Å²) in [5.41, 5.74) is 1.96. The lowest BCUT2D eigenvalue weighted by atomic mass is 9.74. The van der Waals surface area contributed by atoms with Crippen molar-refractivity contribution < 1.29 is 24.6 Å². The zero-order valence-corrected chi connectivity index (χ0v) is 15.2. The van der Waals surface area contributed by atoms with Crippen LogP contribution in [0, 0.1) is 0 Å². The van der Waals surface area contributed by atoms with E-state index < -0.39 is 17.8 Å². The van der Waals surface area contributed by atoms with E-state index >= 15 is 0 Å². The highest BCUT2D eigenvalue weighted by atomic mass is 32.1. The fourth-order valence-corrected chi connectivity index (χ4v) is 5.52. The van der Waals surface area contributed by atoms with Crippen molar-refractivity contribution in [3.05, 3.63) is 51.9 Å². The molecule has 0 radical (unpaired) electrons. The van der Waals surface area contributed by atoms with E-state index in [9.17, 15) is 19.5 Å². The maximum absolute atomic E-state index is 12.0. The first-order valence-corrected chi connectivity index (χ1v) is 9.47. The summed E-state index contributed by atoms with van der Waals surface area (Å²) in [6, 6.07) is 10.0. The fourth-order valence-electron chi connectivity index (χ4n) is 4.22. The number of thiophene rings is 1. The number of aliphatic carboxylic acids is 1. The molecule has 8 heteroatoms. The van der Waals surface area contributed by atoms with E-state index in [4.69, 9.17) is 5.11 Å². The molecule has 1 amide bonds. The Labute approximate surface area is 159 Å². The zero-order chi connectivity index (χ0) is 19.1. The zero-order valence-electron chi connectivity index (χ0n) is 14.3. The SMILES string of the molecule is O=C(O)C(=O)Nc1sc2c(c1C(=O)O)C1CN(CCC1c1ccccc1)C2. The predicted octanol–water partition coefficient (Wildman–Crippen LogP) is 2.56. The number of hydrogen-bond donors (Lipinski definition) is 3. The van der Waals surface area contributed by atoms with Crippen LogP contribution in [-0.2, 0) is 16.1 Å². The van der Waals surface area contributed by atoms with Gasteiger partial charge in [0.1, 0.15) is 5.00 Å². The van der Waals surface area contributed by atoms with Crippen LogP contribution in [0.25, 0.3) is 0 Å². The number of benzene rings is 1. The van der Waals surface area contributed by atoms with Crippen molar-refractivity contribution in [3.8, 4) is 0 Å². The second-order valence-corrected chi connectivity index (χ2v) is 7.96. The van der Waals surface area contributed by atoms with Crippen LogP contribution in [0.5, 0.6) is 0 Å². The number of piperidine rings is 1. The van der Waals surface area contributed by atoms with Crippen LogP contribution in [0.4, 0.5) is 5.00 Å². The van der Waals surface area contributed by atoms with Gasteiger partial charge in [0.05, 0.1) is 5.56 Å². The van der Waals surface area contributed by atoms with E-state index in [0.29, 0.717) is 6.54 Å². The third kappa shape index (κ3) is 3.11. The Morgan fingerprint density at radius 1 is 1.11 bits per heavy atom. The average Bonchev–Trinajstić information content (AvgIpc) is 3.00. The molecule has 0 spiro atoms. The van der Waals surface area contributed by atoms with E-state index in [0.717, 1.165) is 30.0 Å². The lowest BCUT2D eigenvalue weighted by Gasteiger charge is -2.43. The van der Waals surface area contributed by atoms with Crippen LogP contribution in [0.3, 0.4) is 0 Å². The van der Waals surface area contributed by atoms with E-state index in [1.807, 2.05) is 18.2 Å². The molecule has 0 aliphatic carbocycles. The van der Waals surface area contributed by atoms with Crippen LogP contribution in [0.1, 0.15) is 44.6 Å². The van der Waals surface area contributed by atoms with Crippen molar-refractivity contribution >= 4 is 34.2 Å². The van der Waals surface area contributed by atoms with Crippen LogP contribution in [-0.4, -0.2) is 46.0 Å². The van der Waals surface area contributed by atoms with Crippen molar-refractivity contribution in [2.45, 2.75) is 24.8 Å². The number of carbonyl (C=O) groups is 3. The summed E-state index contributed by atoms with van der Waals surface area (Å²) in [4.78, 5) is 37.7. The molecule has 3 N–H and O–H groups in total. The van der Waals surface area contributed by atoms with Crippen LogP contribution in [0.15, 0.2) is 30.3 Å². The molecule has 3 unspecified atom stereocenters. The number of carboxylic acids is 2. The minimum atomic E-state index is -1.64. The summed E-state index contributed by atoms with van der Waals surface area (Å²) >= 11 is 1.17. The van der Waals surface area contributed by atoms with Gasteiger partial charge in [0, 0.05) is 23.9 Å². The molecule has 3 heterocycles. The van der Waals surface area contributed by atoms with E-state index in [1.165, 1.54) is 16.9 Å². The first kappa shape index (κ1) is 17.7. The maximum atomic E-state index is 12.0. The Kier molecular flexibility index (Phi) is 4.45. The van der Waals surface area contributed by atoms with Crippen molar-refractivity contribution in [2.24, 2.45) is 0 Å². The highest BCUT2D eigenvalue weighted by Gasteiger charge is 2.41. The molecule has 2 aromatic rings. The summed E-state index contributed by atoms with van der Waals surface area (Å²) in [5, 5.41) is 21.0. The second kappa shape index (κ2) is 6.79. The van der Waals surface area contributed by atoms with Gasteiger partial charge in [-0.3, -0.25) is 9.69 Å². The molecule has 1 aromatic heterocycles.